The van der Waals surface area contributed by atoms with Crippen molar-refractivity contribution in [2.45, 2.75) is 12.6 Å². The second-order valence-electron chi connectivity index (χ2n) is 5.05. The molecule has 4 nitrogen and oxygen atoms in total. The van der Waals surface area contributed by atoms with Crippen molar-refractivity contribution >= 4 is 10.9 Å². The van der Waals surface area contributed by atoms with Gasteiger partial charge in [-0.3, -0.25) is 9.88 Å². The Morgan fingerprint density at radius 2 is 2.35 bits per heavy atom. The smallest absolute Gasteiger partial charge is 0.124 e. The Morgan fingerprint density at radius 1 is 1.45 bits per heavy atom. The summed E-state index contributed by atoms with van der Waals surface area (Å²) in [6.45, 7) is 2.65. The molecule has 1 atom stereocenters. The Balaban J connectivity index is 1.86. The van der Waals surface area contributed by atoms with Gasteiger partial charge in [0.2, 0.25) is 0 Å². The van der Waals surface area contributed by atoms with E-state index in [1.807, 2.05) is 12.1 Å². The van der Waals surface area contributed by atoms with Gasteiger partial charge in [-0.2, -0.15) is 0 Å². The fraction of sp³-hybridized carbons (Fsp3) is 0.400. The lowest BCUT2D eigenvalue weighted by Gasteiger charge is -2.32. The molecule has 20 heavy (non-hydrogen) atoms. The SMILES string of the molecule is OCC1CN(Cc2cc(F)cc3cccnc23)CCO1. The van der Waals surface area contributed by atoms with E-state index in [1.165, 1.54) is 6.07 Å². The second-order valence-corrected chi connectivity index (χ2v) is 5.05. The van der Waals surface area contributed by atoms with Crippen LogP contribution in [0.25, 0.3) is 10.9 Å². The van der Waals surface area contributed by atoms with Crippen molar-refractivity contribution < 1.29 is 14.2 Å². The highest BCUT2D eigenvalue weighted by molar-refractivity contribution is 5.81. The second kappa shape index (κ2) is 5.83. The molecule has 2 heterocycles. The van der Waals surface area contributed by atoms with Crippen LogP contribution in [0.15, 0.2) is 30.5 Å². The first kappa shape index (κ1) is 13.4. The molecule has 106 valence electrons. The van der Waals surface area contributed by atoms with E-state index in [0.29, 0.717) is 19.7 Å². The lowest BCUT2D eigenvalue weighted by molar-refractivity contribution is -0.0550. The van der Waals surface area contributed by atoms with Crippen molar-refractivity contribution in [2.24, 2.45) is 0 Å². The Kier molecular flexibility index (Phi) is 3.91. The summed E-state index contributed by atoms with van der Waals surface area (Å²) in [7, 11) is 0. The Hall–Kier alpha value is -1.56. The number of aromatic nitrogens is 1. The molecule has 1 aromatic carbocycles. The number of aliphatic hydroxyl groups is 1. The standard InChI is InChI=1S/C15H17FN2O2/c16-13-6-11-2-1-3-17-15(11)12(7-13)8-18-4-5-20-14(9-18)10-19/h1-3,6-7,14,19H,4-5,8-10H2. The number of morpholine rings is 1. The average molecular weight is 276 g/mol. The molecule has 3 rings (SSSR count). The van der Waals surface area contributed by atoms with E-state index in [4.69, 9.17) is 9.84 Å². The van der Waals surface area contributed by atoms with E-state index in [2.05, 4.69) is 9.88 Å². The lowest BCUT2D eigenvalue weighted by atomic mass is 10.1. The number of ether oxygens (including phenoxy) is 1. The van der Waals surface area contributed by atoms with Crippen molar-refractivity contribution in [3.8, 4) is 0 Å². The quantitative estimate of drug-likeness (QED) is 0.924. The van der Waals surface area contributed by atoms with Gasteiger partial charge < -0.3 is 9.84 Å². The number of pyridine rings is 1. The monoisotopic (exact) mass is 276 g/mol. The maximum atomic E-state index is 13.7. The number of fused-ring (bicyclic) bond motifs is 1. The van der Waals surface area contributed by atoms with E-state index in [0.717, 1.165) is 23.0 Å². The highest BCUT2D eigenvalue weighted by atomic mass is 19.1. The van der Waals surface area contributed by atoms with Gasteiger partial charge in [-0.25, -0.2) is 4.39 Å². The summed E-state index contributed by atoms with van der Waals surface area (Å²) in [5.74, 6) is -0.243. The number of nitrogens with zero attached hydrogens (tertiary/aromatic N) is 2. The van der Waals surface area contributed by atoms with E-state index in [9.17, 15) is 4.39 Å². The van der Waals surface area contributed by atoms with Crippen molar-refractivity contribution in [1.82, 2.24) is 9.88 Å². The van der Waals surface area contributed by atoms with Gasteiger partial charge in [0.15, 0.2) is 0 Å². The van der Waals surface area contributed by atoms with Gasteiger partial charge >= 0.3 is 0 Å². The summed E-state index contributed by atoms with van der Waals surface area (Å²) in [6.07, 6.45) is 1.57. The molecule has 1 aromatic heterocycles. The summed E-state index contributed by atoms with van der Waals surface area (Å²) >= 11 is 0. The van der Waals surface area contributed by atoms with Gasteiger partial charge in [-0.15, -0.1) is 0 Å². The van der Waals surface area contributed by atoms with Crippen molar-refractivity contribution in [3.63, 3.8) is 0 Å². The fourth-order valence-electron chi connectivity index (χ4n) is 2.62. The highest BCUT2D eigenvalue weighted by Crippen LogP contribution is 2.20. The molecule has 0 saturated carbocycles. The van der Waals surface area contributed by atoms with Gasteiger partial charge in [0, 0.05) is 31.2 Å². The zero-order valence-electron chi connectivity index (χ0n) is 11.1. The van der Waals surface area contributed by atoms with Crippen LogP contribution in [0.4, 0.5) is 4.39 Å². The highest BCUT2D eigenvalue weighted by Gasteiger charge is 2.20. The minimum Gasteiger partial charge on any atom is -0.394 e. The number of hydrogen-bond donors (Lipinski definition) is 1. The molecule has 2 aromatic rings. The minimum absolute atomic E-state index is 0.0125. The average Bonchev–Trinajstić information content (AvgIpc) is 2.47. The van der Waals surface area contributed by atoms with Crippen LogP contribution in [0.2, 0.25) is 0 Å². The summed E-state index contributed by atoms with van der Waals surface area (Å²) in [6, 6.07) is 6.72. The molecule has 0 bridgehead atoms. The predicted octanol–water partition coefficient (Wildman–Crippen LogP) is 1.57. The van der Waals surface area contributed by atoms with Crippen LogP contribution in [0.1, 0.15) is 5.56 Å². The maximum Gasteiger partial charge on any atom is 0.124 e. The molecular weight excluding hydrogens is 259 g/mol. The summed E-state index contributed by atoms with van der Waals surface area (Å²) < 4.78 is 19.1. The van der Waals surface area contributed by atoms with E-state index in [-0.39, 0.29) is 18.5 Å². The Bertz CT molecular complexity index is 605. The van der Waals surface area contributed by atoms with Crippen LogP contribution < -0.4 is 0 Å². The Morgan fingerprint density at radius 3 is 3.20 bits per heavy atom. The van der Waals surface area contributed by atoms with Crippen LogP contribution in [-0.4, -0.2) is 47.4 Å². The summed E-state index contributed by atoms with van der Waals surface area (Å²) in [5.41, 5.74) is 1.71. The molecular formula is C15H17FN2O2. The van der Waals surface area contributed by atoms with Gasteiger partial charge in [0.05, 0.1) is 24.8 Å². The largest absolute Gasteiger partial charge is 0.394 e. The number of halogens is 1. The molecule has 1 aliphatic heterocycles. The molecule has 1 fully saturated rings. The maximum absolute atomic E-state index is 13.7. The van der Waals surface area contributed by atoms with Gasteiger partial charge in [0.1, 0.15) is 5.82 Å². The molecule has 0 spiro atoms. The van der Waals surface area contributed by atoms with Gasteiger partial charge in [-0.1, -0.05) is 6.07 Å². The zero-order valence-corrected chi connectivity index (χ0v) is 11.1. The molecule has 1 aliphatic rings. The third-order valence-corrected chi connectivity index (χ3v) is 3.57. The number of rotatable bonds is 3. The van der Waals surface area contributed by atoms with Gasteiger partial charge in [-0.05, 0) is 23.8 Å². The lowest BCUT2D eigenvalue weighted by Crippen LogP contribution is -2.43. The first-order valence-electron chi connectivity index (χ1n) is 6.74. The number of benzene rings is 1. The third-order valence-electron chi connectivity index (χ3n) is 3.57. The number of hydrogen-bond acceptors (Lipinski definition) is 4. The number of aliphatic hydroxyl groups excluding tert-OH is 1. The Labute approximate surface area is 116 Å². The van der Waals surface area contributed by atoms with Crippen LogP contribution in [0.5, 0.6) is 0 Å². The zero-order chi connectivity index (χ0) is 13.9. The molecule has 5 heteroatoms. The molecule has 0 radical (unpaired) electrons. The summed E-state index contributed by atoms with van der Waals surface area (Å²) in [4.78, 5) is 6.51. The molecule has 0 amide bonds. The van der Waals surface area contributed by atoms with Crippen LogP contribution >= 0.6 is 0 Å². The van der Waals surface area contributed by atoms with E-state index in [1.54, 1.807) is 12.3 Å². The predicted molar refractivity (Wildman–Crippen MR) is 73.8 cm³/mol. The first-order valence-corrected chi connectivity index (χ1v) is 6.74. The third kappa shape index (κ3) is 2.80. The van der Waals surface area contributed by atoms with Gasteiger partial charge in [0.25, 0.3) is 0 Å². The fourth-order valence-corrected chi connectivity index (χ4v) is 2.62. The van der Waals surface area contributed by atoms with Crippen molar-refractivity contribution in [1.29, 1.82) is 0 Å². The van der Waals surface area contributed by atoms with E-state index < -0.39 is 0 Å². The molecule has 1 saturated heterocycles. The molecule has 1 unspecified atom stereocenters. The molecule has 0 aliphatic carbocycles. The van der Waals surface area contributed by atoms with Crippen LogP contribution in [-0.2, 0) is 11.3 Å². The molecule has 1 N–H and O–H groups in total. The first-order chi connectivity index (χ1) is 9.76. The topological polar surface area (TPSA) is 45.6 Å². The van der Waals surface area contributed by atoms with Crippen molar-refractivity contribution in [2.75, 3.05) is 26.3 Å². The van der Waals surface area contributed by atoms with E-state index >= 15 is 0 Å². The van der Waals surface area contributed by atoms with Crippen molar-refractivity contribution in [3.05, 3.63) is 41.8 Å². The normalized spacial score (nSPS) is 20.4. The minimum atomic E-state index is -0.243. The van der Waals surface area contributed by atoms with Crippen LogP contribution in [0, 0.1) is 5.82 Å². The summed E-state index contributed by atoms with van der Waals surface area (Å²) in [5, 5.41) is 9.98. The van der Waals surface area contributed by atoms with Crippen LogP contribution in [0.3, 0.4) is 0 Å².